The van der Waals surface area contributed by atoms with Crippen LogP contribution in [0.2, 0.25) is 0 Å². The van der Waals surface area contributed by atoms with Crippen LogP contribution in [-0.4, -0.2) is 38.5 Å². The molecule has 23 heavy (non-hydrogen) atoms. The first-order valence-electron chi connectivity index (χ1n) is 8.61. The van der Waals surface area contributed by atoms with Crippen LogP contribution in [0.4, 0.5) is 0 Å². The SMILES string of the molecule is CCCCCCCCCCCCSC(=S)SCC#N.OCCO. The van der Waals surface area contributed by atoms with E-state index in [0.29, 0.717) is 5.75 Å². The number of hydrogen-bond acceptors (Lipinski definition) is 6. The topological polar surface area (TPSA) is 64.2 Å². The molecular weight excluding hydrogens is 346 g/mol. The van der Waals surface area contributed by atoms with E-state index in [2.05, 4.69) is 13.0 Å². The predicted octanol–water partition coefficient (Wildman–Crippen LogP) is 5.15. The molecule has 0 saturated heterocycles. The van der Waals surface area contributed by atoms with Gasteiger partial charge in [0.25, 0.3) is 0 Å². The van der Waals surface area contributed by atoms with Crippen molar-refractivity contribution in [3.63, 3.8) is 0 Å². The summed E-state index contributed by atoms with van der Waals surface area (Å²) in [5, 5.41) is 23.7. The van der Waals surface area contributed by atoms with Crippen molar-refractivity contribution < 1.29 is 10.2 Å². The lowest BCUT2D eigenvalue weighted by Crippen LogP contribution is -1.87. The third-order valence-corrected chi connectivity index (χ3v) is 5.72. The summed E-state index contributed by atoms with van der Waals surface area (Å²) in [6, 6.07) is 2.10. The van der Waals surface area contributed by atoms with Crippen LogP contribution in [0.3, 0.4) is 0 Å². The van der Waals surface area contributed by atoms with Gasteiger partial charge in [-0.1, -0.05) is 88.7 Å². The minimum atomic E-state index is -0.125. The Labute approximate surface area is 156 Å². The van der Waals surface area contributed by atoms with Crippen molar-refractivity contribution in [2.75, 3.05) is 24.7 Å². The van der Waals surface area contributed by atoms with Gasteiger partial charge in [0.2, 0.25) is 0 Å². The summed E-state index contributed by atoms with van der Waals surface area (Å²) in [5.74, 6) is 1.61. The minimum Gasteiger partial charge on any atom is -0.394 e. The molecule has 136 valence electrons. The zero-order chi connectivity index (χ0) is 17.6. The molecule has 0 aliphatic heterocycles. The van der Waals surface area contributed by atoms with Crippen molar-refractivity contribution in [2.45, 2.75) is 71.1 Å². The fourth-order valence-electron chi connectivity index (χ4n) is 1.88. The molecule has 0 heterocycles. The van der Waals surface area contributed by atoms with E-state index in [4.69, 9.17) is 27.7 Å². The number of aliphatic hydroxyl groups excluding tert-OH is 2. The Kier molecular flexibility index (Phi) is 27.0. The van der Waals surface area contributed by atoms with Crippen LogP contribution in [0.25, 0.3) is 0 Å². The van der Waals surface area contributed by atoms with Crippen molar-refractivity contribution in [3.05, 3.63) is 0 Å². The molecule has 0 aliphatic carbocycles. The zero-order valence-corrected chi connectivity index (χ0v) is 16.9. The van der Waals surface area contributed by atoms with Gasteiger partial charge in [-0.25, -0.2) is 0 Å². The number of aliphatic hydroxyl groups is 2. The number of nitriles is 1. The Morgan fingerprint density at radius 2 is 1.35 bits per heavy atom. The third kappa shape index (κ3) is 27.3. The van der Waals surface area contributed by atoms with E-state index in [1.807, 2.05) is 0 Å². The Hall–Kier alpha value is 0.200. The molecule has 3 nitrogen and oxygen atoms in total. The maximum Gasteiger partial charge on any atom is 0.105 e. The first kappa shape index (κ1) is 25.4. The average Bonchev–Trinajstić information content (AvgIpc) is 2.58. The smallest absolute Gasteiger partial charge is 0.105 e. The van der Waals surface area contributed by atoms with Crippen LogP contribution in [0, 0.1) is 11.3 Å². The molecule has 2 N–H and O–H groups in total. The molecule has 0 aromatic rings. The second-order valence-corrected chi connectivity index (χ2v) is 8.45. The van der Waals surface area contributed by atoms with Gasteiger partial charge in [-0.05, 0) is 12.2 Å². The lowest BCUT2D eigenvalue weighted by molar-refractivity contribution is 0.186. The van der Waals surface area contributed by atoms with Gasteiger partial charge in [0, 0.05) is 0 Å². The van der Waals surface area contributed by atoms with E-state index < -0.39 is 0 Å². The van der Waals surface area contributed by atoms with Gasteiger partial charge in [0.15, 0.2) is 0 Å². The lowest BCUT2D eigenvalue weighted by Gasteiger charge is -2.03. The maximum absolute atomic E-state index is 8.44. The fraction of sp³-hybridized carbons (Fsp3) is 0.882. The molecule has 0 aliphatic rings. The molecule has 0 saturated carbocycles. The van der Waals surface area contributed by atoms with Crippen LogP contribution in [-0.2, 0) is 0 Å². The van der Waals surface area contributed by atoms with Gasteiger partial charge in [-0.3, -0.25) is 0 Å². The molecule has 0 radical (unpaired) electrons. The lowest BCUT2D eigenvalue weighted by atomic mass is 10.1. The monoisotopic (exact) mass is 379 g/mol. The average molecular weight is 380 g/mol. The molecule has 0 unspecified atom stereocenters. The third-order valence-electron chi connectivity index (χ3n) is 3.07. The second kappa shape index (κ2) is 24.5. The van der Waals surface area contributed by atoms with E-state index >= 15 is 0 Å². The molecule has 6 heteroatoms. The summed E-state index contributed by atoms with van der Waals surface area (Å²) in [6.07, 6.45) is 13.8. The Bertz CT molecular complexity index is 282. The first-order chi connectivity index (χ1) is 11.2. The molecule has 0 rings (SSSR count). The zero-order valence-electron chi connectivity index (χ0n) is 14.5. The first-order valence-corrected chi connectivity index (χ1v) is 11.0. The molecule has 0 spiro atoms. The summed E-state index contributed by atoms with van der Waals surface area (Å²) < 4.78 is 0.928. The summed E-state index contributed by atoms with van der Waals surface area (Å²) in [6.45, 7) is 2.02. The summed E-state index contributed by atoms with van der Waals surface area (Å²) in [7, 11) is 0. The standard InChI is InChI=1S/C15H27NS3.C2H6O2/c1-2-3-4-5-6-7-8-9-10-11-13-18-15(17)19-14-12-16;3-1-2-4/h2-11,13-14H2,1H3;3-4H,1-2H2. The fourth-order valence-corrected chi connectivity index (χ4v) is 3.76. The van der Waals surface area contributed by atoms with E-state index in [9.17, 15) is 0 Å². The maximum atomic E-state index is 8.44. The molecule has 0 fully saturated rings. The number of rotatable bonds is 13. The summed E-state index contributed by atoms with van der Waals surface area (Å²) in [4.78, 5) is 0. The van der Waals surface area contributed by atoms with E-state index in [-0.39, 0.29) is 13.2 Å². The van der Waals surface area contributed by atoms with Gasteiger partial charge >= 0.3 is 0 Å². The van der Waals surface area contributed by atoms with Gasteiger partial charge in [-0.2, -0.15) is 5.26 Å². The number of thioether (sulfide) groups is 2. The van der Waals surface area contributed by atoms with Crippen molar-refractivity contribution in [3.8, 4) is 6.07 Å². The number of thiocarbonyl (C=S) groups is 1. The van der Waals surface area contributed by atoms with Gasteiger partial charge in [0.05, 0.1) is 25.0 Å². The molecule has 0 bridgehead atoms. The highest BCUT2D eigenvalue weighted by Gasteiger charge is 1.98. The molecule has 0 amide bonds. The number of hydrogen-bond donors (Lipinski definition) is 2. The van der Waals surface area contributed by atoms with Crippen molar-refractivity contribution >= 4 is 39.3 Å². The van der Waals surface area contributed by atoms with E-state index in [0.717, 1.165) is 9.28 Å². The van der Waals surface area contributed by atoms with Crippen molar-refractivity contribution in [2.24, 2.45) is 0 Å². The highest BCUT2D eigenvalue weighted by Crippen LogP contribution is 2.19. The van der Waals surface area contributed by atoms with Crippen LogP contribution >= 0.6 is 35.7 Å². The van der Waals surface area contributed by atoms with Crippen LogP contribution in [0.1, 0.15) is 71.1 Å². The molecule has 0 atom stereocenters. The summed E-state index contributed by atoms with van der Waals surface area (Å²) in [5.41, 5.74) is 0. The number of unbranched alkanes of at least 4 members (excludes halogenated alkanes) is 9. The predicted molar refractivity (Wildman–Crippen MR) is 109 cm³/mol. The largest absolute Gasteiger partial charge is 0.394 e. The van der Waals surface area contributed by atoms with E-state index in [1.54, 1.807) is 11.8 Å². The Balaban J connectivity index is 0. The number of nitrogens with zero attached hydrogens (tertiary/aromatic N) is 1. The summed E-state index contributed by atoms with van der Waals surface area (Å²) >= 11 is 8.39. The Morgan fingerprint density at radius 3 is 1.78 bits per heavy atom. The van der Waals surface area contributed by atoms with Gasteiger partial charge in [0.1, 0.15) is 3.53 Å². The minimum absolute atomic E-state index is 0.125. The van der Waals surface area contributed by atoms with Crippen LogP contribution in [0.15, 0.2) is 0 Å². The molecular formula is C17H33NO2S3. The highest BCUT2D eigenvalue weighted by molar-refractivity contribution is 8.47. The van der Waals surface area contributed by atoms with E-state index in [1.165, 1.54) is 76.0 Å². The van der Waals surface area contributed by atoms with Crippen molar-refractivity contribution in [1.29, 1.82) is 5.26 Å². The van der Waals surface area contributed by atoms with Crippen LogP contribution < -0.4 is 0 Å². The normalized spacial score (nSPS) is 9.83. The van der Waals surface area contributed by atoms with Crippen LogP contribution in [0.5, 0.6) is 0 Å². The van der Waals surface area contributed by atoms with Gasteiger partial charge in [-0.15, -0.1) is 11.8 Å². The molecule has 0 aromatic carbocycles. The van der Waals surface area contributed by atoms with Crippen molar-refractivity contribution in [1.82, 2.24) is 0 Å². The molecule has 0 aromatic heterocycles. The highest BCUT2D eigenvalue weighted by atomic mass is 32.2. The second-order valence-electron chi connectivity index (χ2n) is 5.17. The van der Waals surface area contributed by atoms with Gasteiger partial charge < -0.3 is 10.2 Å². The quantitative estimate of drug-likeness (QED) is 0.341. The Morgan fingerprint density at radius 1 is 0.870 bits per heavy atom.